The summed E-state index contributed by atoms with van der Waals surface area (Å²) in [5.74, 6) is 0. The van der Waals surface area contributed by atoms with E-state index in [-0.39, 0.29) is 0 Å². The lowest BCUT2D eigenvalue weighted by molar-refractivity contribution is 0.854. The van der Waals surface area contributed by atoms with Gasteiger partial charge < -0.3 is 0 Å². The highest BCUT2D eigenvalue weighted by Crippen LogP contribution is 2.18. The molecule has 0 atom stereocenters. The Balaban J connectivity index is 2.53. The molecule has 2 aromatic rings. The summed E-state index contributed by atoms with van der Waals surface area (Å²) in [4.78, 5) is 0. The number of rotatable bonds is 2. The number of alkyl halides is 1. The van der Waals surface area contributed by atoms with Crippen molar-refractivity contribution in [1.82, 2.24) is 9.78 Å². The molecular formula is C13H15BrN2. The van der Waals surface area contributed by atoms with Crippen molar-refractivity contribution >= 4 is 15.9 Å². The summed E-state index contributed by atoms with van der Waals surface area (Å²) in [5, 5.41) is 5.39. The first-order valence-corrected chi connectivity index (χ1v) is 6.42. The van der Waals surface area contributed by atoms with E-state index in [4.69, 9.17) is 0 Å². The molecule has 16 heavy (non-hydrogen) atoms. The molecule has 0 aliphatic heterocycles. The lowest BCUT2D eigenvalue weighted by Gasteiger charge is -2.06. The van der Waals surface area contributed by atoms with Crippen LogP contribution in [0.25, 0.3) is 5.69 Å². The Kier molecular flexibility index (Phi) is 3.15. The number of hydrogen-bond acceptors (Lipinski definition) is 1. The predicted molar refractivity (Wildman–Crippen MR) is 70.4 cm³/mol. The molecule has 0 bridgehead atoms. The molecule has 0 saturated carbocycles. The quantitative estimate of drug-likeness (QED) is 0.766. The third kappa shape index (κ3) is 2.05. The zero-order chi connectivity index (χ0) is 11.7. The van der Waals surface area contributed by atoms with Gasteiger partial charge in [0.05, 0.1) is 11.4 Å². The SMILES string of the molecule is Cc1ccc(C)c(-n2cc(CBr)c(C)n2)c1. The van der Waals surface area contributed by atoms with Crippen molar-refractivity contribution in [3.8, 4) is 5.69 Å². The molecule has 84 valence electrons. The maximum absolute atomic E-state index is 4.54. The number of aryl methyl sites for hydroxylation is 3. The molecule has 2 nitrogen and oxygen atoms in total. The van der Waals surface area contributed by atoms with Crippen LogP contribution in [0.3, 0.4) is 0 Å². The molecule has 2 rings (SSSR count). The van der Waals surface area contributed by atoms with Crippen LogP contribution in [0.15, 0.2) is 24.4 Å². The van der Waals surface area contributed by atoms with Gasteiger partial charge in [-0.25, -0.2) is 4.68 Å². The van der Waals surface area contributed by atoms with Crippen molar-refractivity contribution in [1.29, 1.82) is 0 Å². The molecule has 0 spiro atoms. The van der Waals surface area contributed by atoms with Gasteiger partial charge in [-0.15, -0.1) is 0 Å². The van der Waals surface area contributed by atoms with E-state index in [1.165, 1.54) is 16.7 Å². The van der Waals surface area contributed by atoms with Gasteiger partial charge in [-0.3, -0.25) is 0 Å². The second-order valence-electron chi connectivity index (χ2n) is 4.11. The van der Waals surface area contributed by atoms with Crippen LogP contribution in [0.1, 0.15) is 22.4 Å². The lowest BCUT2D eigenvalue weighted by Crippen LogP contribution is -1.98. The fraction of sp³-hybridized carbons (Fsp3) is 0.308. The Labute approximate surface area is 104 Å². The second-order valence-corrected chi connectivity index (χ2v) is 4.67. The number of hydrogen-bond donors (Lipinski definition) is 0. The Morgan fingerprint density at radius 2 is 2.00 bits per heavy atom. The van der Waals surface area contributed by atoms with E-state index in [9.17, 15) is 0 Å². The predicted octanol–water partition coefficient (Wildman–Crippen LogP) is 3.69. The van der Waals surface area contributed by atoms with Gasteiger partial charge in [0, 0.05) is 17.1 Å². The summed E-state index contributed by atoms with van der Waals surface area (Å²) in [6.07, 6.45) is 2.09. The molecule has 0 radical (unpaired) electrons. The van der Waals surface area contributed by atoms with E-state index < -0.39 is 0 Å². The fourth-order valence-electron chi connectivity index (χ4n) is 1.72. The first-order chi connectivity index (χ1) is 7.61. The summed E-state index contributed by atoms with van der Waals surface area (Å²) in [7, 11) is 0. The van der Waals surface area contributed by atoms with Crippen molar-refractivity contribution in [2.75, 3.05) is 0 Å². The minimum atomic E-state index is 0.851. The topological polar surface area (TPSA) is 17.8 Å². The van der Waals surface area contributed by atoms with Gasteiger partial charge in [0.2, 0.25) is 0 Å². The largest absolute Gasteiger partial charge is 0.240 e. The van der Waals surface area contributed by atoms with Gasteiger partial charge in [0.15, 0.2) is 0 Å². The molecule has 1 aromatic heterocycles. The zero-order valence-electron chi connectivity index (χ0n) is 9.79. The van der Waals surface area contributed by atoms with E-state index in [1.807, 2.05) is 11.6 Å². The standard InChI is InChI=1S/C13H15BrN2/c1-9-4-5-10(2)13(6-9)16-8-12(7-14)11(3)15-16/h4-6,8H,7H2,1-3H3. The van der Waals surface area contributed by atoms with Crippen LogP contribution >= 0.6 is 15.9 Å². The maximum atomic E-state index is 4.54. The van der Waals surface area contributed by atoms with Crippen LogP contribution in [-0.4, -0.2) is 9.78 Å². The third-order valence-electron chi connectivity index (χ3n) is 2.76. The van der Waals surface area contributed by atoms with Gasteiger partial charge in [0.1, 0.15) is 0 Å². The van der Waals surface area contributed by atoms with Crippen molar-refractivity contribution in [2.45, 2.75) is 26.1 Å². The molecule has 3 heteroatoms. The molecule has 1 aromatic carbocycles. The van der Waals surface area contributed by atoms with Crippen LogP contribution in [0.2, 0.25) is 0 Å². The van der Waals surface area contributed by atoms with E-state index in [0.717, 1.165) is 16.7 Å². The van der Waals surface area contributed by atoms with E-state index in [0.29, 0.717) is 0 Å². The van der Waals surface area contributed by atoms with Crippen molar-refractivity contribution < 1.29 is 0 Å². The van der Waals surface area contributed by atoms with Crippen LogP contribution < -0.4 is 0 Å². The first-order valence-electron chi connectivity index (χ1n) is 5.30. The average molecular weight is 279 g/mol. The Morgan fingerprint density at radius 1 is 1.25 bits per heavy atom. The van der Waals surface area contributed by atoms with Crippen LogP contribution in [-0.2, 0) is 5.33 Å². The minimum absolute atomic E-state index is 0.851. The van der Waals surface area contributed by atoms with Crippen molar-refractivity contribution in [3.05, 3.63) is 46.8 Å². The van der Waals surface area contributed by atoms with Crippen LogP contribution in [0.5, 0.6) is 0 Å². The summed E-state index contributed by atoms with van der Waals surface area (Å²) in [6.45, 7) is 6.25. The average Bonchev–Trinajstić information content (AvgIpc) is 2.63. The highest BCUT2D eigenvalue weighted by molar-refractivity contribution is 9.08. The molecule has 0 fully saturated rings. The van der Waals surface area contributed by atoms with Gasteiger partial charge >= 0.3 is 0 Å². The Morgan fingerprint density at radius 3 is 2.62 bits per heavy atom. The molecule has 0 saturated heterocycles. The number of nitrogens with zero attached hydrogens (tertiary/aromatic N) is 2. The molecule has 0 aliphatic carbocycles. The van der Waals surface area contributed by atoms with E-state index in [2.05, 4.69) is 59.3 Å². The number of benzene rings is 1. The summed E-state index contributed by atoms with van der Waals surface area (Å²) >= 11 is 3.47. The molecule has 1 heterocycles. The van der Waals surface area contributed by atoms with Crippen molar-refractivity contribution in [2.24, 2.45) is 0 Å². The lowest BCUT2D eigenvalue weighted by atomic mass is 10.1. The first kappa shape index (κ1) is 11.4. The fourth-order valence-corrected chi connectivity index (χ4v) is 2.27. The smallest absolute Gasteiger partial charge is 0.0677 e. The summed E-state index contributed by atoms with van der Waals surface area (Å²) < 4.78 is 1.97. The monoisotopic (exact) mass is 278 g/mol. The number of halogens is 1. The maximum Gasteiger partial charge on any atom is 0.0677 e. The van der Waals surface area contributed by atoms with Gasteiger partial charge in [-0.1, -0.05) is 28.1 Å². The molecule has 0 aliphatic rings. The normalized spacial score (nSPS) is 10.8. The summed E-state index contributed by atoms with van der Waals surface area (Å²) in [6, 6.07) is 6.43. The Bertz CT molecular complexity index is 515. The van der Waals surface area contributed by atoms with Gasteiger partial charge in [-0.2, -0.15) is 5.10 Å². The highest BCUT2D eigenvalue weighted by Gasteiger charge is 2.07. The van der Waals surface area contributed by atoms with Crippen LogP contribution in [0, 0.1) is 20.8 Å². The molecule has 0 amide bonds. The third-order valence-corrected chi connectivity index (χ3v) is 3.36. The summed E-state index contributed by atoms with van der Waals surface area (Å²) in [5.41, 5.74) is 5.98. The molecule has 0 N–H and O–H groups in total. The Hall–Kier alpha value is -1.09. The minimum Gasteiger partial charge on any atom is -0.240 e. The number of aromatic nitrogens is 2. The van der Waals surface area contributed by atoms with Gasteiger partial charge in [0.25, 0.3) is 0 Å². The van der Waals surface area contributed by atoms with Crippen LogP contribution in [0.4, 0.5) is 0 Å². The highest BCUT2D eigenvalue weighted by atomic mass is 79.9. The van der Waals surface area contributed by atoms with Crippen molar-refractivity contribution in [3.63, 3.8) is 0 Å². The second kappa shape index (κ2) is 4.42. The van der Waals surface area contributed by atoms with E-state index >= 15 is 0 Å². The van der Waals surface area contributed by atoms with E-state index in [1.54, 1.807) is 0 Å². The zero-order valence-corrected chi connectivity index (χ0v) is 11.4. The molecule has 0 unspecified atom stereocenters. The van der Waals surface area contributed by atoms with Gasteiger partial charge in [-0.05, 0) is 38.0 Å². The molecular weight excluding hydrogens is 264 g/mol.